The average Bonchev–Trinajstić information content (AvgIpc) is 2.73. The number of hydrogen-bond acceptors (Lipinski definition) is 3. The maximum absolute atomic E-state index is 12.7. The molecule has 9 heteroatoms. The molecule has 156 valence electrons. The second-order valence-corrected chi connectivity index (χ2v) is 7.02. The number of nitrogens with one attached hydrogen (secondary N) is 3. The number of alkyl halides is 3. The Hall–Kier alpha value is -2.81. The normalized spacial score (nSPS) is 16.4. The van der Waals surface area contributed by atoms with Crippen molar-refractivity contribution in [3.8, 4) is 5.75 Å². The van der Waals surface area contributed by atoms with E-state index in [9.17, 15) is 18.0 Å². The molecule has 2 aromatic rings. The highest BCUT2D eigenvalue weighted by Gasteiger charge is 2.35. The molecule has 1 atom stereocenters. The molecule has 1 aliphatic rings. The third kappa shape index (κ3) is 4.97. The van der Waals surface area contributed by atoms with Crippen molar-refractivity contribution in [2.75, 3.05) is 43.5 Å². The lowest BCUT2D eigenvalue weighted by Gasteiger charge is -2.31. The molecule has 1 aliphatic heterocycles. The van der Waals surface area contributed by atoms with Crippen molar-refractivity contribution in [3.05, 3.63) is 48.2 Å². The number of carbonyl (C=O) groups is 1. The molecule has 3 N–H and O–H groups in total. The molecule has 0 unspecified atom stereocenters. The Morgan fingerprint density at radius 2 is 1.90 bits per heavy atom. The Morgan fingerprint density at radius 3 is 2.48 bits per heavy atom. The lowest BCUT2D eigenvalue weighted by molar-refractivity contribution is -0.914. The summed E-state index contributed by atoms with van der Waals surface area (Å²) >= 11 is 0. The summed E-state index contributed by atoms with van der Waals surface area (Å²) in [6.45, 7) is 4.57. The van der Waals surface area contributed by atoms with E-state index >= 15 is 0 Å². The molecule has 29 heavy (non-hydrogen) atoms. The van der Waals surface area contributed by atoms with Gasteiger partial charge in [-0.3, -0.25) is 9.69 Å². The number of anilines is 2. The van der Waals surface area contributed by atoms with E-state index in [1.807, 2.05) is 24.0 Å². The van der Waals surface area contributed by atoms with Gasteiger partial charge in [0.15, 0.2) is 6.04 Å². The van der Waals surface area contributed by atoms with Gasteiger partial charge in [-0.2, -0.15) is 13.2 Å². The van der Waals surface area contributed by atoms with E-state index in [4.69, 9.17) is 4.74 Å². The number of methoxy groups -OCH3 is 1. The van der Waals surface area contributed by atoms with E-state index in [1.54, 1.807) is 19.2 Å². The highest BCUT2D eigenvalue weighted by atomic mass is 19.4. The second-order valence-electron chi connectivity index (χ2n) is 7.02. The van der Waals surface area contributed by atoms with Gasteiger partial charge in [-0.15, -0.1) is 0 Å². The molecule has 0 saturated carbocycles. The van der Waals surface area contributed by atoms with E-state index in [1.165, 1.54) is 6.07 Å². The third-order valence-corrected chi connectivity index (χ3v) is 5.24. The van der Waals surface area contributed by atoms with Crippen LogP contribution in [0.3, 0.4) is 0 Å². The Morgan fingerprint density at radius 1 is 1.21 bits per heavy atom. The van der Waals surface area contributed by atoms with Crippen LogP contribution in [0.2, 0.25) is 0 Å². The van der Waals surface area contributed by atoms with Gasteiger partial charge in [0.25, 0.3) is 11.7 Å². The fraction of sp³-hybridized carbons (Fsp3) is 0.400. The zero-order valence-corrected chi connectivity index (χ0v) is 16.3. The highest BCUT2D eigenvalue weighted by molar-refractivity contribution is 5.94. The largest absolute Gasteiger partial charge is 0.495 e. The number of benzene rings is 1. The summed E-state index contributed by atoms with van der Waals surface area (Å²) < 4.78 is 43.4. The number of halogens is 3. The van der Waals surface area contributed by atoms with Crippen LogP contribution in [-0.2, 0) is 11.0 Å². The van der Waals surface area contributed by atoms with Gasteiger partial charge in [0.2, 0.25) is 0 Å². The summed E-state index contributed by atoms with van der Waals surface area (Å²) in [6, 6.07) is 9.50. The molecule has 1 fully saturated rings. The van der Waals surface area contributed by atoms with Crippen LogP contribution in [-0.4, -0.2) is 45.2 Å². The van der Waals surface area contributed by atoms with Gasteiger partial charge in [0.1, 0.15) is 38.1 Å². The minimum absolute atomic E-state index is 0.0981. The Balaban J connectivity index is 1.56. The number of quaternary nitrogens is 1. The fourth-order valence-corrected chi connectivity index (χ4v) is 3.43. The van der Waals surface area contributed by atoms with Crippen molar-refractivity contribution in [1.82, 2.24) is 0 Å². The molecule has 2 heterocycles. The number of carbonyl (C=O) groups excluding carboxylic acids is 1. The van der Waals surface area contributed by atoms with Gasteiger partial charge in [-0.05, 0) is 25.1 Å². The van der Waals surface area contributed by atoms with Gasteiger partial charge in [0.05, 0.1) is 18.4 Å². The van der Waals surface area contributed by atoms with Crippen LogP contribution in [0.5, 0.6) is 5.75 Å². The molecule has 1 saturated heterocycles. The number of pyridine rings is 1. The maximum atomic E-state index is 12.7. The molecule has 3 rings (SSSR count). The first kappa shape index (κ1) is 20.9. The zero-order chi connectivity index (χ0) is 21.0. The number of aromatic amines is 1. The number of aromatic nitrogens is 1. The van der Waals surface area contributed by atoms with Crippen LogP contribution in [0.15, 0.2) is 42.6 Å². The Bertz CT molecular complexity index is 834. The van der Waals surface area contributed by atoms with Gasteiger partial charge in [0, 0.05) is 6.07 Å². The Kier molecular flexibility index (Phi) is 6.26. The van der Waals surface area contributed by atoms with Crippen molar-refractivity contribution in [2.24, 2.45) is 0 Å². The second kappa shape index (κ2) is 8.69. The first-order chi connectivity index (χ1) is 13.8. The van der Waals surface area contributed by atoms with Crippen molar-refractivity contribution < 1.29 is 32.6 Å². The summed E-state index contributed by atoms with van der Waals surface area (Å²) in [6.07, 6.45) is -3.38. The molecular weight excluding hydrogens is 385 g/mol. The first-order valence-electron chi connectivity index (χ1n) is 9.42. The first-order valence-corrected chi connectivity index (χ1v) is 9.42. The molecule has 1 amide bonds. The van der Waals surface area contributed by atoms with Gasteiger partial charge >= 0.3 is 6.18 Å². The predicted octanol–water partition coefficient (Wildman–Crippen LogP) is 1.26. The molecule has 0 bridgehead atoms. The monoisotopic (exact) mass is 410 g/mol. The highest BCUT2D eigenvalue weighted by Crippen LogP contribution is 2.28. The standard InChI is InChI=1S/C20H23F3N4O2/c1-14(19(28)25-16-5-3-4-6-17(16)29-2)26-9-11-27(12-10-26)18-8-7-15(13-24-18)20(21,22)23/h3-8,13-14H,9-12H2,1-2H3,(H,25,28)/p+2/t14-/m0/s1. The third-order valence-electron chi connectivity index (χ3n) is 5.24. The summed E-state index contributed by atoms with van der Waals surface area (Å²) in [7, 11) is 1.55. The molecule has 0 aliphatic carbocycles. The number of hydrogen-bond donors (Lipinski definition) is 2. The molecular formula is C20H25F3N4O2+2. The van der Waals surface area contributed by atoms with E-state index in [2.05, 4.69) is 10.3 Å². The van der Waals surface area contributed by atoms with Crippen molar-refractivity contribution >= 4 is 17.4 Å². The lowest BCUT2D eigenvalue weighted by atomic mass is 10.2. The minimum Gasteiger partial charge on any atom is -0.495 e. The molecule has 0 spiro atoms. The van der Waals surface area contributed by atoms with E-state index in [0.29, 0.717) is 43.4 Å². The van der Waals surface area contributed by atoms with Crippen LogP contribution in [0.4, 0.5) is 24.7 Å². The fourth-order valence-electron chi connectivity index (χ4n) is 3.43. The quantitative estimate of drug-likeness (QED) is 0.781. The summed E-state index contributed by atoms with van der Waals surface area (Å²) in [5.41, 5.74) is -0.0728. The molecule has 1 aromatic heterocycles. The van der Waals surface area contributed by atoms with Crippen molar-refractivity contribution in [1.29, 1.82) is 0 Å². The topological polar surface area (TPSA) is 60.1 Å². The molecule has 1 aromatic carbocycles. The van der Waals surface area contributed by atoms with Crippen LogP contribution < -0.4 is 24.8 Å². The van der Waals surface area contributed by atoms with Gasteiger partial charge in [-0.25, -0.2) is 4.98 Å². The predicted molar refractivity (Wildman–Crippen MR) is 102 cm³/mol. The number of piperazine rings is 1. The number of rotatable bonds is 5. The Labute approximate surface area is 167 Å². The molecule has 6 nitrogen and oxygen atoms in total. The van der Waals surface area contributed by atoms with Crippen LogP contribution in [0.25, 0.3) is 0 Å². The van der Waals surface area contributed by atoms with E-state index in [-0.39, 0.29) is 11.9 Å². The van der Waals surface area contributed by atoms with E-state index in [0.717, 1.165) is 17.2 Å². The number of para-hydroxylation sites is 2. The number of amides is 1. The lowest BCUT2D eigenvalue weighted by Crippen LogP contribution is -3.19. The zero-order valence-electron chi connectivity index (χ0n) is 16.3. The van der Waals surface area contributed by atoms with Gasteiger partial charge in [-0.1, -0.05) is 12.1 Å². The average molecular weight is 410 g/mol. The summed E-state index contributed by atoms with van der Waals surface area (Å²) in [5, 5.41) is 2.91. The number of nitrogens with zero attached hydrogens (tertiary/aromatic N) is 1. The van der Waals surface area contributed by atoms with Crippen LogP contribution in [0.1, 0.15) is 12.5 Å². The summed E-state index contributed by atoms with van der Waals surface area (Å²) in [5.74, 6) is 1.15. The van der Waals surface area contributed by atoms with Gasteiger partial charge < -0.3 is 15.0 Å². The van der Waals surface area contributed by atoms with Crippen molar-refractivity contribution in [2.45, 2.75) is 19.1 Å². The smallest absolute Gasteiger partial charge is 0.419 e. The number of H-pyrrole nitrogens is 1. The SMILES string of the molecule is COc1ccccc1NC(=O)[C@H](C)[NH+]1CCN(c2ccc(C(F)(F)F)c[nH+]2)CC1. The van der Waals surface area contributed by atoms with E-state index < -0.39 is 11.7 Å². The minimum atomic E-state index is -4.36. The molecule has 0 radical (unpaired) electrons. The van der Waals surface area contributed by atoms with Crippen molar-refractivity contribution in [3.63, 3.8) is 0 Å². The number of ether oxygens (including phenoxy) is 1. The summed E-state index contributed by atoms with van der Waals surface area (Å²) in [4.78, 5) is 18.5. The maximum Gasteiger partial charge on any atom is 0.419 e. The van der Waals surface area contributed by atoms with Crippen LogP contribution in [0, 0.1) is 0 Å². The van der Waals surface area contributed by atoms with Crippen LogP contribution >= 0.6 is 0 Å².